The summed E-state index contributed by atoms with van der Waals surface area (Å²) in [5.74, 6) is 1.58. The normalized spacial score (nSPS) is 26.9. The first-order chi connectivity index (χ1) is 11.0. The molecule has 4 nitrogen and oxygen atoms in total. The molecule has 4 atom stereocenters. The number of aromatic carboxylic acids is 1. The second kappa shape index (κ2) is 6.95. The topological polar surface area (TPSA) is 66.4 Å². The molecular formula is C18H23NO3S. The van der Waals surface area contributed by atoms with E-state index in [4.69, 9.17) is 5.11 Å². The highest BCUT2D eigenvalue weighted by atomic mass is 32.2. The molecule has 2 bridgehead atoms. The Morgan fingerprint density at radius 2 is 2.09 bits per heavy atom. The van der Waals surface area contributed by atoms with Crippen molar-refractivity contribution in [1.82, 2.24) is 5.32 Å². The number of hydrogen-bond donors (Lipinski definition) is 2. The maximum Gasteiger partial charge on any atom is 0.336 e. The summed E-state index contributed by atoms with van der Waals surface area (Å²) >= 11 is 1.29. The van der Waals surface area contributed by atoms with Crippen LogP contribution in [0.25, 0.3) is 0 Å². The second-order valence-corrected chi connectivity index (χ2v) is 7.80. The third-order valence-corrected chi connectivity index (χ3v) is 6.37. The van der Waals surface area contributed by atoms with Crippen molar-refractivity contribution in [3.8, 4) is 0 Å². The molecule has 23 heavy (non-hydrogen) atoms. The molecule has 0 aliphatic heterocycles. The van der Waals surface area contributed by atoms with Crippen LogP contribution in [0.2, 0.25) is 0 Å². The average molecular weight is 333 g/mol. The van der Waals surface area contributed by atoms with E-state index in [9.17, 15) is 9.59 Å². The summed E-state index contributed by atoms with van der Waals surface area (Å²) in [6.45, 7) is 2.11. The molecule has 0 radical (unpaired) electrons. The minimum absolute atomic E-state index is 0.00883. The number of fused-ring (bicyclic) bond motifs is 2. The van der Waals surface area contributed by atoms with Gasteiger partial charge in [-0.1, -0.05) is 18.6 Å². The fraction of sp³-hybridized carbons (Fsp3) is 0.556. The Labute approximate surface area is 141 Å². The van der Waals surface area contributed by atoms with Crippen LogP contribution in [0.4, 0.5) is 0 Å². The number of rotatable bonds is 6. The van der Waals surface area contributed by atoms with Gasteiger partial charge in [-0.2, -0.15) is 0 Å². The summed E-state index contributed by atoms with van der Waals surface area (Å²) in [5, 5.41) is 12.3. The molecule has 0 unspecified atom stereocenters. The van der Waals surface area contributed by atoms with Crippen molar-refractivity contribution in [2.75, 3.05) is 5.75 Å². The van der Waals surface area contributed by atoms with E-state index in [0.29, 0.717) is 10.8 Å². The summed E-state index contributed by atoms with van der Waals surface area (Å²) in [6, 6.07) is 7.03. The standard InChI is InChI=1S/C18H23NO3S/c1-11(15-9-12-6-7-13(15)8-12)19-17(20)10-23-16-5-3-2-4-14(16)18(21)22/h2-5,11-13,15H,6-10H2,1H3,(H,19,20)(H,21,22)/t11-,12+,13+,15+/m0/s1. The summed E-state index contributed by atoms with van der Waals surface area (Å²) in [6.07, 6.45) is 5.27. The molecule has 124 valence electrons. The van der Waals surface area contributed by atoms with E-state index >= 15 is 0 Å². The van der Waals surface area contributed by atoms with Crippen LogP contribution in [0.1, 0.15) is 43.0 Å². The van der Waals surface area contributed by atoms with E-state index in [1.807, 2.05) is 0 Å². The van der Waals surface area contributed by atoms with Crippen LogP contribution in [0.15, 0.2) is 29.2 Å². The minimum atomic E-state index is -0.955. The molecule has 0 spiro atoms. The number of nitrogens with one attached hydrogen (secondary N) is 1. The lowest BCUT2D eigenvalue weighted by Gasteiger charge is -2.28. The Kier molecular flexibility index (Phi) is 4.95. The van der Waals surface area contributed by atoms with Crippen molar-refractivity contribution in [2.24, 2.45) is 17.8 Å². The van der Waals surface area contributed by atoms with Gasteiger partial charge in [-0.25, -0.2) is 4.79 Å². The Balaban J connectivity index is 1.51. The van der Waals surface area contributed by atoms with Gasteiger partial charge in [0.15, 0.2) is 0 Å². The predicted octanol–water partition coefficient (Wildman–Crippen LogP) is 3.42. The largest absolute Gasteiger partial charge is 0.478 e. The van der Waals surface area contributed by atoms with Gasteiger partial charge in [-0.05, 0) is 56.1 Å². The highest BCUT2D eigenvalue weighted by molar-refractivity contribution is 8.00. The van der Waals surface area contributed by atoms with E-state index in [1.54, 1.807) is 24.3 Å². The first-order valence-corrected chi connectivity index (χ1v) is 9.27. The molecule has 0 saturated heterocycles. The van der Waals surface area contributed by atoms with Gasteiger partial charge in [0, 0.05) is 10.9 Å². The number of thioether (sulfide) groups is 1. The Hall–Kier alpha value is -1.49. The number of carboxylic acids is 1. The maximum absolute atomic E-state index is 12.2. The van der Waals surface area contributed by atoms with Gasteiger partial charge >= 0.3 is 5.97 Å². The summed E-state index contributed by atoms with van der Waals surface area (Å²) < 4.78 is 0. The quantitative estimate of drug-likeness (QED) is 0.783. The lowest BCUT2D eigenvalue weighted by molar-refractivity contribution is -0.119. The molecule has 1 aromatic carbocycles. The van der Waals surface area contributed by atoms with Crippen LogP contribution in [0, 0.1) is 17.8 Å². The molecule has 0 heterocycles. The SMILES string of the molecule is C[C@H](NC(=O)CSc1ccccc1C(=O)O)[C@H]1C[C@@H]2CC[C@@H]1C2. The van der Waals surface area contributed by atoms with Crippen LogP contribution in [0.5, 0.6) is 0 Å². The zero-order valence-electron chi connectivity index (χ0n) is 13.3. The van der Waals surface area contributed by atoms with Gasteiger partial charge in [0.25, 0.3) is 0 Å². The fourth-order valence-electron chi connectivity index (χ4n) is 4.22. The lowest BCUT2D eigenvalue weighted by Crippen LogP contribution is -2.40. The predicted molar refractivity (Wildman–Crippen MR) is 90.7 cm³/mol. The minimum Gasteiger partial charge on any atom is -0.478 e. The molecule has 2 aliphatic rings. The Morgan fingerprint density at radius 3 is 2.74 bits per heavy atom. The molecule has 1 amide bonds. The number of carbonyl (C=O) groups excluding carboxylic acids is 1. The molecule has 0 aromatic heterocycles. The monoisotopic (exact) mass is 333 g/mol. The zero-order chi connectivity index (χ0) is 16.4. The van der Waals surface area contributed by atoms with Crippen LogP contribution in [0.3, 0.4) is 0 Å². The van der Waals surface area contributed by atoms with Crippen LogP contribution >= 0.6 is 11.8 Å². The fourth-order valence-corrected chi connectivity index (χ4v) is 5.08. The van der Waals surface area contributed by atoms with Gasteiger partial charge in [-0.3, -0.25) is 4.79 Å². The van der Waals surface area contributed by atoms with Gasteiger partial charge in [0.05, 0.1) is 11.3 Å². The van der Waals surface area contributed by atoms with Gasteiger partial charge in [0.1, 0.15) is 0 Å². The van der Waals surface area contributed by atoms with Crippen molar-refractivity contribution < 1.29 is 14.7 Å². The van der Waals surface area contributed by atoms with Crippen LogP contribution in [-0.4, -0.2) is 28.8 Å². The zero-order valence-corrected chi connectivity index (χ0v) is 14.1. The van der Waals surface area contributed by atoms with E-state index in [1.165, 1.54) is 37.4 Å². The molecule has 2 aliphatic carbocycles. The number of hydrogen-bond acceptors (Lipinski definition) is 3. The first-order valence-electron chi connectivity index (χ1n) is 8.29. The second-order valence-electron chi connectivity index (χ2n) is 6.78. The number of amides is 1. The Bertz CT molecular complexity index is 604. The van der Waals surface area contributed by atoms with Crippen molar-refractivity contribution in [3.63, 3.8) is 0 Å². The van der Waals surface area contributed by atoms with Gasteiger partial charge in [-0.15, -0.1) is 11.8 Å². The maximum atomic E-state index is 12.2. The molecule has 2 saturated carbocycles. The third kappa shape index (κ3) is 3.71. The first kappa shape index (κ1) is 16.4. The smallest absolute Gasteiger partial charge is 0.336 e. The molecule has 1 aromatic rings. The van der Waals surface area contributed by atoms with E-state index < -0.39 is 5.97 Å². The van der Waals surface area contributed by atoms with E-state index in [0.717, 1.165) is 11.8 Å². The van der Waals surface area contributed by atoms with E-state index in [-0.39, 0.29) is 23.3 Å². The van der Waals surface area contributed by atoms with Crippen LogP contribution < -0.4 is 5.32 Å². The summed E-state index contributed by atoms with van der Waals surface area (Å²) in [5.41, 5.74) is 0.256. The average Bonchev–Trinajstić information content (AvgIpc) is 3.16. The van der Waals surface area contributed by atoms with Crippen molar-refractivity contribution in [2.45, 2.75) is 43.5 Å². The van der Waals surface area contributed by atoms with Crippen molar-refractivity contribution in [3.05, 3.63) is 29.8 Å². The van der Waals surface area contributed by atoms with Gasteiger partial charge in [0.2, 0.25) is 5.91 Å². The number of carboxylic acid groups (broad SMARTS) is 1. The third-order valence-electron chi connectivity index (χ3n) is 5.30. The van der Waals surface area contributed by atoms with E-state index in [2.05, 4.69) is 12.2 Å². The molecule has 2 N–H and O–H groups in total. The molecular weight excluding hydrogens is 310 g/mol. The number of benzene rings is 1. The molecule has 5 heteroatoms. The lowest BCUT2D eigenvalue weighted by atomic mass is 9.84. The Morgan fingerprint density at radius 1 is 1.30 bits per heavy atom. The molecule has 3 rings (SSSR count). The highest BCUT2D eigenvalue weighted by Crippen LogP contribution is 2.49. The molecule has 2 fully saturated rings. The van der Waals surface area contributed by atoms with Crippen molar-refractivity contribution in [1.29, 1.82) is 0 Å². The van der Waals surface area contributed by atoms with Crippen molar-refractivity contribution >= 4 is 23.6 Å². The number of carbonyl (C=O) groups is 2. The van der Waals surface area contributed by atoms with Gasteiger partial charge < -0.3 is 10.4 Å². The van der Waals surface area contributed by atoms with Crippen LogP contribution in [-0.2, 0) is 4.79 Å². The summed E-state index contributed by atoms with van der Waals surface area (Å²) in [4.78, 5) is 24.0. The highest BCUT2D eigenvalue weighted by Gasteiger charge is 2.42. The summed E-state index contributed by atoms with van der Waals surface area (Å²) in [7, 11) is 0.